The summed E-state index contributed by atoms with van der Waals surface area (Å²) in [5.41, 5.74) is 2.52. The largest absolute Gasteiger partial charge is 0.481 e. The van der Waals surface area contributed by atoms with Crippen molar-refractivity contribution in [2.75, 3.05) is 0 Å². The second kappa shape index (κ2) is 4.80. The van der Waals surface area contributed by atoms with Gasteiger partial charge in [-0.2, -0.15) is 5.10 Å². The lowest BCUT2D eigenvalue weighted by Crippen LogP contribution is -2.06. The van der Waals surface area contributed by atoms with Gasteiger partial charge < -0.3 is 9.67 Å². The van der Waals surface area contributed by atoms with Gasteiger partial charge >= 0.3 is 5.97 Å². The van der Waals surface area contributed by atoms with Gasteiger partial charge in [-0.3, -0.25) is 9.48 Å². The number of rotatable bonds is 4. The van der Waals surface area contributed by atoms with Gasteiger partial charge in [0.25, 0.3) is 0 Å². The monoisotopic (exact) mass is 270 g/mol. The molecular weight excluding hydrogens is 256 g/mol. The maximum absolute atomic E-state index is 10.8. The number of hydrogen-bond donors (Lipinski definition) is 1. The Hall–Kier alpha value is -2.63. The highest BCUT2D eigenvalue weighted by Crippen LogP contribution is 2.23. The summed E-state index contributed by atoms with van der Waals surface area (Å²) in [5.74, 6) is -0.122. The molecule has 0 atom stereocenters. The number of imidazole rings is 1. The Balaban J connectivity index is 2.14. The normalized spacial score (nSPS) is 11.1. The van der Waals surface area contributed by atoms with Crippen LogP contribution < -0.4 is 0 Å². The topological polar surface area (TPSA) is 72.9 Å². The Morgan fingerprint density at radius 2 is 2.10 bits per heavy atom. The van der Waals surface area contributed by atoms with Crippen LogP contribution in [0.3, 0.4) is 0 Å². The molecule has 3 aromatic rings. The molecule has 0 radical (unpaired) electrons. The molecule has 0 aliphatic rings. The van der Waals surface area contributed by atoms with E-state index >= 15 is 0 Å². The third-order valence-electron chi connectivity index (χ3n) is 3.15. The number of hydrogen-bond acceptors (Lipinski definition) is 3. The van der Waals surface area contributed by atoms with Crippen molar-refractivity contribution in [1.29, 1.82) is 0 Å². The van der Waals surface area contributed by atoms with Crippen LogP contribution in [0.5, 0.6) is 0 Å². The molecule has 102 valence electrons. The van der Waals surface area contributed by atoms with Gasteiger partial charge in [0.05, 0.1) is 17.5 Å². The van der Waals surface area contributed by atoms with Crippen LogP contribution in [0.2, 0.25) is 0 Å². The highest BCUT2D eigenvalue weighted by Gasteiger charge is 2.14. The molecule has 0 aliphatic carbocycles. The summed E-state index contributed by atoms with van der Waals surface area (Å²) in [6, 6.07) is 9.57. The number of carboxylic acid groups (broad SMARTS) is 1. The zero-order chi connectivity index (χ0) is 14.1. The van der Waals surface area contributed by atoms with Crippen molar-refractivity contribution in [2.24, 2.45) is 7.05 Å². The molecular formula is C14H14N4O2. The molecule has 2 aromatic heterocycles. The van der Waals surface area contributed by atoms with Gasteiger partial charge in [0.1, 0.15) is 5.69 Å². The van der Waals surface area contributed by atoms with Crippen LogP contribution in [0.25, 0.3) is 22.6 Å². The van der Waals surface area contributed by atoms with E-state index in [4.69, 9.17) is 5.11 Å². The smallest absolute Gasteiger partial charge is 0.305 e. The van der Waals surface area contributed by atoms with E-state index in [-0.39, 0.29) is 6.42 Å². The summed E-state index contributed by atoms with van der Waals surface area (Å²) in [6.07, 6.45) is 1.90. The summed E-state index contributed by atoms with van der Waals surface area (Å²) in [7, 11) is 1.84. The predicted molar refractivity (Wildman–Crippen MR) is 74.2 cm³/mol. The molecule has 6 heteroatoms. The fourth-order valence-corrected chi connectivity index (χ4v) is 2.24. The predicted octanol–water partition coefficient (Wildman–Crippen LogP) is 1.91. The minimum atomic E-state index is -0.824. The maximum Gasteiger partial charge on any atom is 0.305 e. The zero-order valence-electron chi connectivity index (χ0n) is 11.0. The molecule has 1 N–H and O–H groups in total. The fourth-order valence-electron chi connectivity index (χ4n) is 2.24. The third-order valence-corrected chi connectivity index (χ3v) is 3.15. The van der Waals surface area contributed by atoms with Crippen molar-refractivity contribution in [3.63, 3.8) is 0 Å². The van der Waals surface area contributed by atoms with E-state index in [1.165, 1.54) is 0 Å². The Morgan fingerprint density at radius 1 is 1.30 bits per heavy atom. The van der Waals surface area contributed by atoms with Crippen molar-refractivity contribution in [3.8, 4) is 11.5 Å². The fraction of sp³-hybridized carbons (Fsp3) is 0.214. The number of nitrogens with zero attached hydrogens (tertiary/aromatic N) is 4. The van der Waals surface area contributed by atoms with Crippen molar-refractivity contribution < 1.29 is 9.90 Å². The summed E-state index contributed by atoms with van der Waals surface area (Å²) < 4.78 is 3.61. The summed E-state index contributed by atoms with van der Waals surface area (Å²) >= 11 is 0. The number of para-hydroxylation sites is 2. The van der Waals surface area contributed by atoms with Gasteiger partial charge in [-0.05, 0) is 18.2 Å². The molecule has 0 aliphatic heterocycles. The molecule has 0 unspecified atom stereocenters. The summed E-state index contributed by atoms with van der Waals surface area (Å²) in [5, 5.41) is 13.2. The molecule has 0 saturated carbocycles. The van der Waals surface area contributed by atoms with Crippen molar-refractivity contribution in [2.45, 2.75) is 13.0 Å². The maximum atomic E-state index is 10.8. The van der Waals surface area contributed by atoms with Gasteiger partial charge in [0.15, 0.2) is 5.82 Å². The number of benzene rings is 1. The summed E-state index contributed by atoms with van der Waals surface area (Å²) in [4.78, 5) is 15.4. The number of carbonyl (C=O) groups is 1. The lowest BCUT2D eigenvalue weighted by Gasteiger charge is -2.05. The first-order valence-corrected chi connectivity index (χ1v) is 6.32. The Bertz CT molecular complexity index is 772. The van der Waals surface area contributed by atoms with E-state index < -0.39 is 5.97 Å². The first kappa shape index (κ1) is 12.4. The first-order chi connectivity index (χ1) is 9.65. The SMILES string of the molecule is Cn1ccc(-c2nc3ccccc3n2CCC(=O)O)n1. The molecule has 6 nitrogen and oxygen atoms in total. The molecule has 0 fully saturated rings. The van der Waals surface area contributed by atoms with Crippen LogP contribution in [-0.4, -0.2) is 30.4 Å². The average molecular weight is 270 g/mol. The third kappa shape index (κ3) is 2.16. The van der Waals surface area contributed by atoms with E-state index in [1.807, 2.05) is 48.1 Å². The number of aliphatic carboxylic acids is 1. The molecule has 2 heterocycles. The van der Waals surface area contributed by atoms with Crippen LogP contribution in [0.4, 0.5) is 0 Å². The molecule has 0 amide bonds. The molecule has 1 aromatic carbocycles. The highest BCUT2D eigenvalue weighted by molar-refractivity contribution is 5.80. The highest BCUT2D eigenvalue weighted by atomic mass is 16.4. The molecule has 20 heavy (non-hydrogen) atoms. The van der Waals surface area contributed by atoms with Crippen LogP contribution in [0, 0.1) is 0 Å². The molecule has 0 saturated heterocycles. The second-order valence-electron chi connectivity index (χ2n) is 4.59. The van der Waals surface area contributed by atoms with E-state index in [0.717, 1.165) is 16.7 Å². The minimum absolute atomic E-state index is 0.0557. The molecule has 0 bridgehead atoms. The van der Waals surface area contributed by atoms with Crippen molar-refractivity contribution in [3.05, 3.63) is 36.5 Å². The number of aromatic nitrogens is 4. The van der Waals surface area contributed by atoms with Gasteiger partial charge in [-0.1, -0.05) is 12.1 Å². The van der Waals surface area contributed by atoms with Crippen molar-refractivity contribution in [1.82, 2.24) is 19.3 Å². The first-order valence-electron chi connectivity index (χ1n) is 6.32. The average Bonchev–Trinajstić information content (AvgIpc) is 2.99. The standard InChI is InChI=1S/C14H14N4O2/c1-17-8-6-11(16-17)14-15-10-4-2-3-5-12(10)18(14)9-7-13(19)20/h2-6,8H,7,9H2,1H3,(H,19,20). The quantitative estimate of drug-likeness (QED) is 0.786. The zero-order valence-corrected chi connectivity index (χ0v) is 11.0. The van der Waals surface area contributed by atoms with Gasteiger partial charge in [-0.15, -0.1) is 0 Å². The van der Waals surface area contributed by atoms with Crippen LogP contribution in [0.1, 0.15) is 6.42 Å². The van der Waals surface area contributed by atoms with E-state index in [2.05, 4.69) is 10.1 Å². The van der Waals surface area contributed by atoms with Crippen LogP contribution in [0.15, 0.2) is 36.5 Å². The molecule has 0 spiro atoms. The number of fused-ring (bicyclic) bond motifs is 1. The second-order valence-corrected chi connectivity index (χ2v) is 4.59. The lowest BCUT2D eigenvalue weighted by molar-refractivity contribution is -0.137. The van der Waals surface area contributed by atoms with E-state index in [0.29, 0.717) is 12.4 Å². The van der Waals surface area contributed by atoms with Crippen LogP contribution >= 0.6 is 0 Å². The minimum Gasteiger partial charge on any atom is -0.481 e. The van der Waals surface area contributed by atoms with E-state index in [9.17, 15) is 4.79 Å². The summed E-state index contributed by atoms with van der Waals surface area (Å²) in [6.45, 7) is 0.377. The van der Waals surface area contributed by atoms with Gasteiger partial charge in [0, 0.05) is 19.8 Å². The van der Waals surface area contributed by atoms with Gasteiger partial charge in [-0.25, -0.2) is 4.98 Å². The van der Waals surface area contributed by atoms with Crippen molar-refractivity contribution >= 4 is 17.0 Å². The lowest BCUT2D eigenvalue weighted by atomic mass is 10.3. The van der Waals surface area contributed by atoms with Crippen LogP contribution in [-0.2, 0) is 18.4 Å². The Morgan fingerprint density at radius 3 is 2.80 bits per heavy atom. The van der Waals surface area contributed by atoms with E-state index in [1.54, 1.807) is 4.68 Å². The Labute approximate surface area is 115 Å². The number of aryl methyl sites for hydroxylation is 2. The Kier molecular flexibility index (Phi) is 2.98. The molecule has 3 rings (SSSR count). The number of carboxylic acids is 1. The van der Waals surface area contributed by atoms with Gasteiger partial charge in [0.2, 0.25) is 0 Å².